The average Bonchev–Trinajstić information content (AvgIpc) is 2.37. The second-order valence-electron chi connectivity index (χ2n) is 4.48. The van der Waals surface area contributed by atoms with E-state index >= 15 is 0 Å². The molecule has 0 aromatic carbocycles. The molecule has 0 bridgehead atoms. The smallest absolute Gasteiger partial charge is 0.225 e. The highest BCUT2D eigenvalue weighted by Crippen LogP contribution is 2.30. The highest BCUT2D eigenvalue weighted by Gasteiger charge is 2.38. The van der Waals surface area contributed by atoms with Crippen LogP contribution in [0.5, 0.6) is 0 Å². The van der Waals surface area contributed by atoms with Gasteiger partial charge in [0.15, 0.2) is 5.96 Å². The number of nitrogens with two attached hydrogens (primary N) is 1. The Morgan fingerprint density at radius 1 is 1.28 bits per heavy atom. The summed E-state index contributed by atoms with van der Waals surface area (Å²) >= 11 is 0. The summed E-state index contributed by atoms with van der Waals surface area (Å²) in [6.07, 6.45) is 1.30. The Bertz CT molecular complexity index is 290. The molecule has 1 amide bonds. The van der Waals surface area contributed by atoms with Crippen LogP contribution in [0.3, 0.4) is 0 Å². The predicted molar refractivity (Wildman–Crippen MR) is 71.3 cm³/mol. The Morgan fingerprint density at radius 3 is 2.28 bits per heavy atom. The maximum atomic E-state index is 11.7. The van der Waals surface area contributed by atoms with E-state index in [2.05, 4.69) is 15.6 Å². The summed E-state index contributed by atoms with van der Waals surface area (Å²) in [6.45, 7) is 7.17. The first kappa shape index (κ1) is 14.8. The topological polar surface area (TPSA) is 88.7 Å². The molecular formula is C12H24N4O2. The van der Waals surface area contributed by atoms with Crippen molar-refractivity contribution in [2.45, 2.75) is 26.7 Å². The van der Waals surface area contributed by atoms with Gasteiger partial charge >= 0.3 is 0 Å². The van der Waals surface area contributed by atoms with E-state index in [1.807, 2.05) is 13.8 Å². The fourth-order valence-electron chi connectivity index (χ4n) is 1.98. The summed E-state index contributed by atoms with van der Waals surface area (Å²) < 4.78 is 5.29. The third-order valence-corrected chi connectivity index (χ3v) is 3.20. The number of carbonyl (C=O) groups excluding carboxylic acids is 1. The minimum Gasteiger partial charge on any atom is -0.381 e. The van der Waals surface area contributed by atoms with E-state index < -0.39 is 5.41 Å². The standard InChI is InChI=1S/C12H24N4O2/c1-3-14-11(15-4-2)16-9-12(10(13)17)5-7-18-8-6-12/h3-9H2,1-2H3,(H2,13,17)(H2,14,15,16). The zero-order valence-electron chi connectivity index (χ0n) is 11.3. The van der Waals surface area contributed by atoms with E-state index in [1.54, 1.807) is 0 Å². The zero-order valence-corrected chi connectivity index (χ0v) is 11.3. The van der Waals surface area contributed by atoms with Gasteiger partial charge < -0.3 is 21.1 Å². The van der Waals surface area contributed by atoms with Gasteiger partial charge in [-0.05, 0) is 26.7 Å². The normalized spacial score (nSPS) is 17.9. The summed E-state index contributed by atoms with van der Waals surface area (Å²) in [4.78, 5) is 16.1. The van der Waals surface area contributed by atoms with Crippen molar-refractivity contribution < 1.29 is 9.53 Å². The Kier molecular flexibility index (Phi) is 5.91. The lowest BCUT2D eigenvalue weighted by Gasteiger charge is -2.32. The molecule has 6 nitrogen and oxygen atoms in total. The van der Waals surface area contributed by atoms with Crippen molar-refractivity contribution in [1.82, 2.24) is 10.6 Å². The highest BCUT2D eigenvalue weighted by molar-refractivity contribution is 5.83. The van der Waals surface area contributed by atoms with Crippen LogP contribution in [0.1, 0.15) is 26.7 Å². The largest absolute Gasteiger partial charge is 0.381 e. The number of hydrogen-bond donors (Lipinski definition) is 3. The number of aliphatic imine (C=N–C) groups is 1. The Hall–Kier alpha value is -1.30. The van der Waals surface area contributed by atoms with Crippen molar-refractivity contribution in [2.24, 2.45) is 16.1 Å². The van der Waals surface area contributed by atoms with Crippen LogP contribution in [-0.4, -0.2) is 44.7 Å². The fraction of sp³-hybridized carbons (Fsp3) is 0.833. The lowest BCUT2D eigenvalue weighted by molar-refractivity contribution is -0.132. The number of rotatable bonds is 5. The molecule has 1 aliphatic heterocycles. The lowest BCUT2D eigenvalue weighted by Crippen LogP contribution is -2.45. The number of nitrogens with one attached hydrogen (secondary N) is 2. The molecule has 0 spiro atoms. The van der Waals surface area contributed by atoms with Crippen LogP contribution >= 0.6 is 0 Å². The zero-order chi connectivity index (χ0) is 13.4. The molecule has 1 rings (SSSR count). The summed E-state index contributed by atoms with van der Waals surface area (Å²) in [5, 5.41) is 6.27. The van der Waals surface area contributed by atoms with Crippen LogP contribution in [0, 0.1) is 5.41 Å². The van der Waals surface area contributed by atoms with Crippen molar-refractivity contribution in [3.05, 3.63) is 0 Å². The molecule has 6 heteroatoms. The fourth-order valence-corrected chi connectivity index (χ4v) is 1.98. The van der Waals surface area contributed by atoms with E-state index in [4.69, 9.17) is 10.5 Å². The number of carbonyl (C=O) groups is 1. The number of guanidine groups is 1. The van der Waals surface area contributed by atoms with Crippen molar-refractivity contribution in [3.63, 3.8) is 0 Å². The molecule has 0 aromatic heterocycles. The third-order valence-electron chi connectivity index (χ3n) is 3.20. The first-order valence-electron chi connectivity index (χ1n) is 6.54. The predicted octanol–water partition coefficient (Wildman–Crippen LogP) is -0.156. The summed E-state index contributed by atoms with van der Waals surface area (Å²) in [6, 6.07) is 0. The molecule has 1 aliphatic rings. The first-order valence-corrected chi connectivity index (χ1v) is 6.54. The molecule has 0 atom stereocenters. The van der Waals surface area contributed by atoms with Gasteiger partial charge in [0.25, 0.3) is 0 Å². The van der Waals surface area contributed by atoms with Gasteiger partial charge in [-0.2, -0.15) is 0 Å². The SMILES string of the molecule is CCNC(=NCC1(C(N)=O)CCOCC1)NCC. The molecular weight excluding hydrogens is 232 g/mol. The third kappa shape index (κ3) is 3.87. The number of primary amides is 1. The molecule has 0 saturated carbocycles. The van der Waals surface area contributed by atoms with Crippen LogP contribution in [0.15, 0.2) is 4.99 Å². The van der Waals surface area contributed by atoms with Gasteiger partial charge in [0.1, 0.15) is 0 Å². The number of hydrogen-bond acceptors (Lipinski definition) is 3. The highest BCUT2D eigenvalue weighted by atomic mass is 16.5. The van der Waals surface area contributed by atoms with Gasteiger partial charge in [0.05, 0.1) is 12.0 Å². The van der Waals surface area contributed by atoms with Crippen molar-refractivity contribution >= 4 is 11.9 Å². The van der Waals surface area contributed by atoms with Crippen molar-refractivity contribution in [2.75, 3.05) is 32.8 Å². The molecule has 104 valence electrons. The van der Waals surface area contributed by atoms with E-state index in [0.29, 0.717) is 32.6 Å². The van der Waals surface area contributed by atoms with Crippen LogP contribution in [0.2, 0.25) is 0 Å². The van der Waals surface area contributed by atoms with Crippen LogP contribution < -0.4 is 16.4 Å². The van der Waals surface area contributed by atoms with Crippen LogP contribution in [-0.2, 0) is 9.53 Å². The van der Waals surface area contributed by atoms with Gasteiger partial charge in [-0.25, -0.2) is 0 Å². The summed E-state index contributed by atoms with van der Waals surface area (Å²) in [5.41, 5.74) is 4.98. The van der Waals surface area contributed by atoms with E-state index in [0.717, 1.165) is 19.0 Å². The minimum absolute atomic E-state index is 0.276. The second kappa shape index (κ2) is 7.20. The summed E-state index contributed by atoms with van der Waals surface area (Å²) in [5.74, 6) is 0.453. The molecule has 1 heterocycles. The molecule has 1 saturated heterocycles. The lowest BCUT2D eigenvalue weighted by atomic mass is 9.79. The van der Waals surface area contributed by atoms with E-state index in [9.17, 15) is 4.79 Å². The second-order valence-corrected chi connectivity index (χ2v) is 4.48. The quantitative estimate of drug-likeness (QED) is 0.471. The van der Waals surface area contributed by atoms with Gasteiger partial charge in [-0.1, -0.05) is 0 Å². The van der Waals surface area contributed by atoms with E-state index in [-0.39, 0.29) is 5.91 Å². The minimum atomic E-state index is -0.547. The average molecular weight is 256 g/mol. The van der Waals surface area contributed by atoms with Crippen LogP contribution in [0.25, 0.3) is 0 Å². The number of nitrogens with zero attached hydrogens (tertiary/aromatic N) is 1. The first-order chi connectivity index (χ1) is 8.64. The molecule has 0 aliphatic carbocycles. The Balaban J connectivity index is 2.70. The van der Waals surface area contributed by atoms with Gasteiger partial charge in [-0.3, -0.25) is 9.79 Å². The maximum absolute atomic E-state index is 11.7. The van der Waals surface area contributed by atoms with Gasteiger partial charge in [-0.15, -0.1) is 0 Å². The molecule has 0 radical (unpaired) electrons. The molecule has 0 unspecified atom stereocenters. The Labute approximate surface area is 108 Å². The molecule has 4 N–H and O–H groups in total. The Morgan fingerprint density at radius 2 is 1.83 bits per heavy atom. The molecule has 0 aromatic rings. The molecule has 18 heavy (non-hydrogen) atoms. The maximum Gasteiger partial charge on any atom is 0.225 e. The number of ether oxygens (including phenoxy) is 1. The molecule has 1 fully saturated rings. The number of amides is 1. The van der Waals surface area contributed by atoms with Gasteiger partial charge in [0, 0.05) is 26.3 Å². The monoisotopic (exact) mass is 256 g/mol. The van der Waals surface area contributed by atoms with Crippen molar-refractivity contribution in [1.29, 1.82) is 0 Å². The van der Waals surface area contributed by atoms with Gasteiger partial charge in [0.2, 0.25) is 5.91 Å². The summed E-state index contributed by atoms with van der Waals surface area (Å²) in [7, 11) is 0. The van der Waals surface area contributed by atoms with Crippen molar-refractivity contribution in [3.8, 4) is 0 Å². The van der Waals surface area contributed by atoms with Crippen LogP contribution in [0.4, 0.5) is 0 Å². The van der Waals surface area contributed by atoms with E-state index in [1.165, 1.54) is 0 Å².